The lowest BCUT2D eigenvalue weighted by Crippen LogP contribution is -2.39. The lowest BCUT2D eigenvalue weighted by atomic mass is 9.57. The van der Waals surface area contributed by atoms with Gasteiger partial charge in [-0.25, -0.2) is 0 Å². The minimum Gasteiger partial charge on any atom is -0.309 e. The molecule has 1 saturated carbocycles. The Morgan fingerprint density at radius 2 is 1.16 bits per heavy atom. The molecule has 274 valence electrons. The van der Waals surface area contributed by atoms with Crippen molar-refractivity contribution in [1.82, 2.24) is 0 Å². The minimum atomic E-state index is -0.0915. The number of hydrogen-bond donors (Lipinski definition) is 0. The molecule has 1 aromatic heterocycles. The molecular formula is C55H43NS. The van der Waals surface area contributed by atoms with Gasteiger partial charge in [0.2, 0.25) is 0 Å². The molecule has 2 spiro atoms. The lowest BCUT2D eigenvalue weighted by molar-refractivity contribution is 0.263. The molecule has 0 amide bonds. The summed E-state index contributed by atoms with van der Waals surface area (Å²) in [4.78, 5) is 2.56. The van der Waals surface area contributed by atoms with Crippen molar-refractivity contribution in [3.05, 3.63) is 216 Å². The second-order valence-corrected chi connectivity index (χ2v) is 17.1. The van der Waals surface area contributed by atoms with Crippen LogP contribution in [0.15, 0.2) is 194 Å². The average Bonchev–Trinajstić information content (AvgIpc) is 3.87. The summed E-state index contributed by atoms with van der Waals surface area (Å²) in [5.74, 6) is 0. The van der Waals surface area contributed by atoms with E-state index < -0.39 is 0 Å². The third-order valence-corrected chi connectivity index (χ3v) is 14.5. The fraction of sp³-hybridized carbons (Fsp3) is 0.127. The maximum absolute atomic E-state index is 4.32. The van der Waals surface area contributed by atoms with Crippen LogP contribution in [0.3, 0.4) is 0 Å². The van der Waals surface area contributed by atoms with E-state index in [4.69, 9.17) is 0 Å². The van der Waals surface area contributed by atoms with Gasteiger partial charge in [-0.3, -0.25) is 0 Å². The highest BCUT2D eigenvalue weighted by Gasteiger charge is 2.53. The zero-order chi connectivity index (χ0) is 38.1. The molecular weight excluding hydrogens is 707 g/mol. The number of hydrogen-bond acceptors (Lipinski definition) is 2. The first-order valence-corrected chi connectivity index (χ1v) is 21.2. The minimum absolute atomic E-state index is 0.0243. The van der Waals surface area contributed by atoms with Gasteiger partial charge in [0.1, 0.15) is 0 Å². The molecule has 1 fully saturated rings. The van der Waals surface area contributed by atoms with Crippen LogP contribution in [-0.4, -0.2) is 0 Å². The van der Waals surface area contributed by atoms with Gasteiger partial charge in [-0.05, 0) is 119 Å². The Balaban J connectivity index is 1.12. The third kappa shape index (κ3) is 4.93. The number of thiophene rings is 1. The van der Waals surface area contributed by atoms with Crippen molar-refractivity contribution in [2.45, 2.75) is 43.4 Å². The Bertz CT molecular complexity index is 2950. The van der Waals surface area contributed by atoms with Gasteiger partial charge in [0.25, 0.3) is 0 Å². The summed E-state index contributed by atoms with van der Waals surface area (Å²) in [6.45, 7) is 6.47. The predicted octanol–water partition coefficient (Wildman–Crippen LogP) is 15.5. The van der Waals surface area contributed by atoms with Crippen molar-refractivity contribution in [2.75, 3.05) is 4.90 Å². The first-order valence-electron chi connectivity index (χ1n) is 20.3. The van der Waals surface area contributed by atoms with Gasteiger partial charge in [0, 0.05) is 42.3 Å². The molecule has 0 aliphatic heterocycles. The summed E-state index contributed by atoms with van der Waals surface area (Å²) in [5.41, 5.74) is 17.2. The second kappa shape index (κ2) is 13.2. The molecule has 3 aliphatic rings. The quantitative estimate of drug-likeness (QED) is 0.164. The zero-order valence-corrected chi connectivity index (χ0v) is 33.0. The number of nitrogens with zero attached hydrogens (tertiary/aromatic N) is 1. The molecule has 1 nitrogen and oxygen atoms in total. The van der Waals surface area contributed by atoms with Crippen LogP contribution < -0.4 is 4.90 Å². The van der Waals surface area contributed by atoms with Crippen molar-refractivity contribution in [2.24, 2.45) is 0 Å². The van der Waals surface area contributed by atoms with Crippen molar-refractivity contribution in [3.63, 3.8) is 0 Å². The van der Waals surface area contributed by atoms with Gasteiger partial charge in [0.05, 0.1) is 11.4 Å². The maximum atomic E-state index is 4.32. The van der Waals surface area contributed by atoms with Gasteiger partial charge in [-0.2, -0.15) is 0 Å². The number of fused-ring (bicyclic) bond motifs is 10. The van der Waals surface area contributed by atoms with Crippen LogP contribution in [0.4, 0.5) is 17.1 Å². The molecule has 1 heterocycles. The van der Waals surface area contributed by atoms with Crippen molar-refractivity contribution < 1.29 is 0 Å². The van der Waals surface area contributed by atoms with Gasteiger partial charge in [0.15, 0.2) is 0 Å². The van der Waals surface area contributed by atoms with Crippen LogP contribution in [0.2, 0.25) is 0 Å². The molecule has 7 aromatic carbocycles. The van der Waals surface area contributed by atoms with Crippen LogP contribution in [0.25, 0.3) is 48.0 Å². The Morgan fingerprint density at radius 3 is 1.95 bits per heavy atom. The monoisotopic (exact) mass is 749 g/mol. The lowest BCUT2D eigenvalue weighted by Gasteiger charge is -2.46. The molecule has 3 aliphatic carbocycles. The third-order valence-electron chi connectivity index (χ3n) is 13.4. The number of allylic oxidation sites excluding steroid dienone is 5. The number of para-hydroxylation sites is 1. The largest absolute Gasteiger partial charge is 0.309 e. The Kier molecular flexibility index (Phi) is 7.88. The van der Waals surface area contributed by atoms with Gasteiger partial charge < -0.3 is 4.90 Å². The molecule has 0 unspecified atom stereocenters. The number of rotatable bonds is 6. The van der Waals surface area contributed by atoms with Crippen LogP contribution in [-0.2, 0) is 10.8 Å². The molecule has 0 saturated heterocycles. The molecule has 0 radical (unpaired) electrons. The molecule has 2 heteroatoms. The van der Waals surface area contributed by atoms with E-state index in [0.717, 1.165) is 25.7 Å². The smallest absolute Gasteiger partial charge is 0.0555 e. The number of anilines is 3. The van der Waals surface area contributed by atoms with Crippen LogP contribution in [0.1, 0.15) is 54.9 Å². The van der Waals surface area contributed by atoms with Crippen molar-refractivity contribution in [3.8, 4) is 22.3 Å². The van der Waals surface area contributed by atoms with Gasteiger partial charge in [-0.15, -0.1) is 11.3 Å². The van der Waals surface area contributed by atoms with E-state index in [0.29, 0.717) is 0 Å². The van der Waals surface area contributed by atoms with E-state index in [2.05, 4.69) is 200 Å². The SMILES string of the molecule is C=CC1=C(/C=C\C)C2(CCC3(CC2)c2ccccc2-c2ccc(N(c4ccccc4-c4ccccc4)c4cccc5sc6ccccc6c45)cc23)c2ccccc21. The highest BCUT2D eigenvalue weighted by atomic mass is 32.1. The summed E-state index contributed by atoms with van der Waals surface area (Å²) in [5, 5.41) is 2.61. The molecule has 0 N–H and O–H groups in total. The van der Waals surface area contributed by atoms with Crippen LogP contribution in [0.5, 0.6) is 0 Å². The predicted molar refractivity (Wildman–Crippen MR) is 244 cm³/mol. The van der Waals surface area contributed by atoms with Crippen LogP contribution >= 0.6 is 11.3 Å². The number of benzene rings is 7. The van der Waals surface area contributed by atoms with E-state index in [9.17, 15) is 0 Å². The standard InChI is InChI=1S/C55H43NS/c1-3-17-45-39(4-2)41-21-8-12-24-46(41)54(45)32-34-55(35-33-54)47-25-13-9-22-42(47)43-31-30-38(36-48(43)55)56(49-26-14-10-20-40(49)37-18-6-5-7-19-37)50-27-16-29-52-53(50)44-23-11-15-28-51(44)57-52/h3-31,36H,2,32-35H2,1H3/b17-3-. The fourth-order valence-corrected chi connectivity index (χ4v) is 12.1. The van der Waals surface area contributed by atoms with E-state index in [1.165, 1.54) is 92.9 Å². The first kappa shape index (κ1) is 34.1. The molecule has 8 aromatic rings. The normalized spacial score (nSPS) is 19.5. The Morgan fingerprint density at radius 1 is 0.544 bits per heavy atom. The Hall–Kier alpha value is -6.22. The van der Waals surface area contributed by atoms with Crippen molar-refractivity contribution in [1.29, 1.82) is 0 Å². The van der Waals surface area contributed by atoms with E-state index >= 15 is 0 Å². The van der Waals surface area contributed by atoms with E-state index in [1.54, 1.807) is 0 Å². The summed E-state index contributed by atoms with van der Waals surface area (Å²) < 4.78 is 2.62. The second-order valence-electron chi connectivity index (χ2n) is 16.0. The molecule has 11 rings (SSSR count). The fourth-order valence-electron chi connectivity index (χ4n) is 11.0. The zero-order valence-electron chi connectivity index (χ0n) is 32.2. The van der Waals surface area contributed by atoms with E-state index in [1.807, 2.05) is 11.3 Å². The highest BCUT2D eigenvalue weighted by molar-refractivity contribution is 7.26. The van der Waals surface area contributed by atoms with Gasteiger partial charge in [-0.1, -0.05) is 152 Å². The van der Waals surface area contributed by atoms with E-state index in [-0.39, 0.29) is 10.8 Å². The van der Waals surface area contributed by atoms with Gasteiger partial charge >= 0.3 is 0 Å². The average molecular weight is 750 g/mol. The highest BCUT2D eigenvalue weighted by Crippen LogP contribution is 2.64. The summed E-state index contributed by atoms with van der Waals surface area (Å²) in [7, 11) is 0. The topological polar surface area (TPSA) is 3.24 Å². The summed E-state index contributed by atoms with van der Waals surface area (Å²) in [6.07, 6.45) is 11.0. The summed E-state index contributed by atoms with van der Waals surface area (Å²) in [6, 6.07) is 61.3. The molecule has 0 atom stereocenters. The van der Waals surface area contributed by atoms with Crippen molar-refractivity contribution >= 4 is 54.1 Å². The Labute approximate surface area is 339 Å². The van der Waals surface area contributed by atoms with Crippen LogP contribution in [0, 0.1) is 0 Å². The molecule has 0 bridgehead atoms. The maximum Gasteiger partial charge on any atom is 0.0555 e. The molecule has 57 heavy (non-hydrogen) atoms. The first-order chi connectivity index (χ1) is 28.1. The summed E-state index contributed by atoms with van der Waals surface area (Å²) >= 11 is 1.88.